The molecule has 0 radical (unpaired) electrons. The Labute approximate surface area is 182 Å². The number of nitrogens with zero attached hydrogens (tertiary/aromatic N) is 3. The molecule has 1 aromatic carbocycles. The van der Waals surface area contributed by atoms with Gasteiger partial charge in [-0.05, 0) is 23.8 Å². The van der Waals surface area contributed by atoms with Crippen molar-refractivity contribution in [3.05, 3.63) is 75.8 Å². The Kier molecular flexibility index (Phi) is 6.29. The number of carbonyl (C=O) groups excluding carboxylic acids is 2. The summed E-state index contributed by atoms with van der Waals surface area (Å²) in [6.45, 7) is 1.65. The number of pyridine rings is 1. The third kappa shape index (κ3) is 5.30. The second-order valence-corrected chi connectivity index (χ2v) is 7.80. The summed E-state index contributed by atoms with van der Waals surface area (Å²) in [4.78, 5) is 39.5. The Morgan fingerprint density at radius 2 is 1.94 bits per heavy atom. The first-order valence-electron chi connectivity index (χ1n) is 9.70. The van der Waals surface area contributed by atoms with E-state index in [4.69, 9.17) is 5.73 Å². The van der Waals surface area contributed by atoms with Crippen LogP contribution in [0.3, 0.4) is 0 Å². The molecule has 31 heavy (non-hydrogen) atoms. The lowest BCUT2D eigenvalue weighted by Gasteiger charge is -2.04. The smallest absolute Gasteiger partial charge is 0.271 e. The third-order valence-electron chi connectivity index (χ3n) is 4.56. The van der Waals surface area contributed by atoms with Crippen molar-refractivity contribution >= 4 is 34.2 Å². The predicted octanol–water partition coefficient (Wildman–Crippen LogP) is 1.78. The molecule has 0 bridgehead atoms. The van der Waals surface area contributed by atoms with E-state index in [0.29, 0.717) is 12.2 Å². The van der Waals surface area contributed by atoms with Crippen LogP contribution in [0.25, 0.3) is 11.0 Å². The van der Waals surface area contributed by atoms with Gasteiger partial charge in [0.25, 0.3) is 11.8 Å². The number of nitrogens with one attached hydrogen (secondary N) is 3. The van der Waals surface area contributed by atoms with E-state index in [0.717, 1.165) is 40.4 Å². The first-order valence-corrected chi connectivity index (χ1v) is 10.6. The van der Waals surface area contributed by atoms with E-state index in [-0.39, 0.29) is 18.1 Å². The van der Waals surface area contributed by atoms with Crippen LogP contribution in [0.2, 0.25) is 0 Å². The van der Waals surface area contributed by atoms with E-state index in [9.17, 15) is 9.59 Å². The number of aromatic amines is 1. The minimum Gasteiger partial charge on any atom is -0.364 e. The molecule has 0 aliphatic carbocycles. The Morgan fingerprint density at radius 3 is 2.71 bits per heavy atom. The Hall–Kier alpha value is -3.63. The topological polar surface area (TPSA) is 139 Å². The number of aromatic nitrogens is 4. The fourth-order valence-corrected chi connectivity index (χ4v) is 3.75. The predicted molar refractivity (Wildman–Crippen MR) is 118 cm³/mol. The Morgan fingerprint density at radius 1 is 1.06 bits per heavy atom. The first kappa shape index (κ1) is 20.6. The Bertz CT molecular complexity index is 1170. The van der Waals surface area contributed by atoms with Crippen molar-refractivity contribution in [3.63, 3.8) is 0 Å². The van der Waals surface area contributed by atoms with Gasteiger partial charge in [-0.3, -0.25) is 14.6 Å². The van der Waals surface area contributed by atoms with Crippen molar-refractivity contribution in [2.45, 2.75) is 19.5 Å². The maximum atomic E-state index is 12.3. The third-order valence-corrected chi connectivity index (χ3v) is 5.47. The number of para-hydroxylation sites is 2. The number of primary amides is 1. The minimum absolute atomic E-state index is 0.188. The van der Waals surface area contributed by atoms with Gasteiger partial charge in [-0.25, -0.2) is 9.97 Å². The quantitative estimate of drug-likeness (QED) is 0.296. The summed E-state index contributed by atoms with van der Waals surface area (Å²) in [6, 6.07) is 11.2. The molecule has 9 nitrogen and oxygen atoms in total. The average molecular weight is 436 g/mol. The van der Waals surface area contributed by atoms with E-state index in [1.165, 1.54) is 23.6 Å². The summed E-state index contributed by atoms with van der Waals surface area (Å²) >= 11 is 1.46. The zero-order chi connectivity index (χ0) is 21.6. The number of carbonyl (C=O) groups is 2. The summed E-state index contributed by atoms with van der Waals surface area (Å²) in [7, 11) is 0. The lowest BCUT2D eigenvalue weighted by atomic mass is 10.2. The minimum atomic E-state index is -0.585. The summed E-state index contributed by atoms with van der Waals surface area (Å²) < 4.78 is 0. The molecule has 0 fully saturated rings. The molecule has 4 rings (SSSR count). The van der Waals surface area contributed by atoms with Gasteiger partial charge in [0, 0.05) is 31.1 Å². The summed E-state index contributed by atoms with van der Waals surface area (Å²) in [5, 5.41) is 8.77. The van der Waals surface area contributed by atoms with Crippen LogP contribution in [0.15, 0.2) is 48.0 Å². The molecule has 3 aromatic heterocycles. The van der Waals surface area contributed by atoms with Crippen LogP contribution in [-0.2, 0) is 19.5 Å². The zero-order valence-corrected chi connectivity index (χ0v) is 17.4. The van der Waals surface area contributed by atoms with Crippen molar-refractivity contribution in [3.8, 4) is 0 Å². The van der Waals surface area contributed by atoms with E-state index in [2.05, 4.69) is 30.6 Å². The second-order valence-electron chi connectivity index (χ2n) is 6.85. The Balaban J connectivity index is 1.22. The van der Waals surface area contributed by atoms with Crippen LogP contribution in [-0.4, -0.2) is 38.3 Å². The number of H-pyrrole nitrogens is 1. The van der Waals surface area contributed by atoms with Gasteiger partial charge < -0.3 is 21.4 Å². The van der Waals surface area contributed by atoms with Gasteiger partial charge >= 0.3 is 0 Å². The molecule has 2 amide bonds. The molecule has 4 aromatic rings. The summed E-state index contributed by atoms with van der Waals surface area (Å²) in [5.74, 6) is 0.0492. The van der Waals surface area contributed by atoms with E-state index >= 15 is 0 Å². The van der Waals surface area contributed by atoms with Gasteiger partial charge in [-0.2, -0.15) is 0 Å². The number of nitrogens with two attached hydrogens (primary N) is 1. The van der Waals surface area contributed by atoms with Gasteiger partial charge in [-0.1, -0.05) is 18.2 Å². The number of rotatable bonds is 9. The number of benzene rings is 1. The SMILES string of the molecule is NC(=O)c1ccc(CNC(=O)c2csc(CCNCc3nc4ccccc4[nH]3)n2)cn1. The molecule has 10 heteroatoms. The van der Waals surface area contributed by atoms with Crippen LogP contribution in [0.4, 0.5) is 0 Å². The fourth-order valence-electron chi connectivity index (χ4n) is 2.97. The van der Waals surface area contributed by atoms with Gasteiger partial charge in [0.15, 0.2) is 0 Å². The molecule has 0 aliphatic heterocycles. The lowest BCUT2D eigenvalue weighted by molar-refractivity contribution is 0.0944. The van der Waals surface area contributed by atoms with Crippen molar-refractivity contribution < 1.29 is 9.59 Å². The normalized spacial score (nSPS) is 11.0. The molecular formula is C21H21N7O2S. The molecule has 0 unspecified atom stereocenters. The largest absolute Gasteiger partial charge is 0.364 e. The standard InChI is InChI=1S/C21H21N7O2S/c22-20(29)16-6-5-13(9-24-16)10-25-21(30)17-12-31-19(28-17)7-8-23-11-18-26-14-3-1-2-4-15(14)27-18/h1-6,9,12,23H,7-8,10-11H2,(H2,22,29)(H,25,30)(H,26,27). The van der Waals surface area contributed by atoms with Gasteiger partial charge in [0.2, 0.25) is 0 Å². The molecule has 0 spiro atoms. The number of imidazole rings is 1. The molecule has 3 heterocycles. The van der Waals surface area contributed by atoms with Crippen molar-refractivity contribution in [2.24, 2.45) is 5.73 Å². The van der Waals surface area contributed by atoms with Gasteiger partial charge in [-0.15, -0.1) is 11.3 Å². The van der Waals surface area contributed by atoms with E-state index in [1.54, 1.807) is 11.4 Å². The first-order chi connectivity index (χ1) is 15.1. The number of thiazole rings is 1. The molecule has 0 saturated carbocycles. The zero-order valence-electron chi connectivity index (χ0n) is 16.6. The molecule has 0 aliphatic rings. The average Bonchev–Trinajstić information content (AvgIpc) is 3.42. The molecular weight excluding hydrogens is 414 g/mol. The molecule has 0 saturated heterocycles. The molecule has 158 valence electrons. The van der Waals surface area contributed by atoms with Crippen LogP contribution >= 0.6 is 11.3 Å². The van der Waals surface area contributed by atoms with Gasteiger partial charge in [0.1, 0.15) is 17.2 Å². The molecule has 0 atom stereocenters. The summed E-state index contributed by atoms with van der Waals surface area (Å²) in [6.07, 6.45) is 2.23. The van der Waals surface area contributed by atoms with Crippen molar-refractivity contribution in [1.29, 1.82) is 0 Å². The fraction of sp³-hybridized carbons (Fsp3) is 0.190. The summed E-state index contributed by atoms with van der Waals surface area (Å²) in [5.41, 5.74) is 8.49. The van der Waals surface area contributed by atoms with Crippen LogP contribution < -0.4 is 16.4 Å². The monoisotopic (exact) mass is 435 g/mol. The maximum absolute atomic E-state index is 12.3. The highest BCUT2D eigenvalue weighted by Crippen LogP contribution is 2.12. The van der Waals surface area contributed by atoms with Crippen molar-refractivity contribution in [2.75, 3.05) is 6.54 Å². The van der Waals surface area contributed by atoms with E-state index < -0.39 is 5.91 Å². The highest BCUT2D eigenvalue weighted by atomic mass is 32.1. The van der Waals surface area contributed by atoms with Crippen LogP contribution in [0.5, 0.6) is 0 Å². The number of amides is 2. The molecule has 5 N–H and O–H groups in total. The van der Waals surface area contributed by atoms with Crippen LogP contribution in [0.1, 0.15) is 37.4 Å². The highest BCUT2D eigenvalue weighted by molar-refractivity contribution is 7.09. The number of fused-ring (bicyclic) bond motifs is 1. The highest BCUT2D eigenvalue weighted by Gasteiger charge is 2.11. The second kappa shape index (κ2) is 9.45. The van der Waals surface area contributed by atoms with E-state index in [1.807, 2.05) is 24.3 Å². The van der Waals surface area contributed by atoms with Crippen molar-refractivity contribution in [1.82, 2.24) is 30.6 Å². The lowest BCUT2D eigenvalue weighted by Crippen LogP contribution is -2.23. The number of hydrogen-bond donors (Lipinski definition) is 4. The van der Waals surface area contributed by atoms with Gasteiger partial charge in [0.05, 0.1) is 22.6 Å². The number of hydrogen-bond acceptors (Lipinski definition) is 7. The maximum Gasteiger partial charge on any atom is 0.271 e. The van der Waals surface area contributed by atoms with Crippen LogP contribution in [0, 0.1) is 0 Å².